The molecule has 1 saturated heterocycles. The van der Waals surface area contributed by atoms with Crippen molar-refractivity contribution in [2.75, 3.05) is 31.1 Å². The first-order valence-corrected chi connectivity index (χ1v) is 11.1. The number of hydrogen-bond donors (Lipinski definition) is 2. The van der Waals surface area contributed by atoms with Crippen LogP contribution in [0.15, 0.2) is 70.4 Å². The van der Waals surface area contributed by atoms with Crippen molar-refractivity contribution in [1.82, 2.24) is 9.97 Å². The molecule has 0 radical (unpaired) electrons. The number of hydrogen-bond acceptors (Lipinski definition) is 4. The fourth-order valence-electron chi connectivity index (χ4n) is 3.61. The number of nitrogens with one attached hydrogen (secondary N) is 2. The van der Waals surface area contributed by atoms with E-state index in [2.05, 4.69) is 71.4 Å². The van der Waals surface area contributed by atoms with E-state index < -0.39 is 0 Å². The molecule has 1 aromatic heterocycles. The summed E-state index contributed by atoms with van der Waals surface area (Å²) in [7, 11) is 0. The summed E-state index contributed by atoms with van der Waals surface area (Å²) in [5, 5.41) is 0. The molecule has 4 rings (SSSR count). The fraction of sp³-hybridized carbons (Fsp3) is 0.304. The maximum absolute atomic E-state index is 12.2. The molecular weight excluding hydrogens is 380 g/mol. The molecule has 2 N–H and O–H groups in total. The van der Waals surface area contributed by atoms with Gasteiger partial charge in [0.05, 0.1) is 31.9 Å². The predicted octanol–water partition coefficient (Wildman–Crippen LogP) is 2.28. The van der Waals surface area contributed by atoms with Crippen LogP contribution in [-0.2, 0) is 12.3 Å². The quantitative estimate of drug-likeness (QED) is 0.616. The molecule has 1 aliphatic rings. The van der Waals surface area contributed by atoms with Crippen LogP contribution in [0.1, 0.15) is 16.8 Å². The maximum atomic E-state index is 12.2. The Labute approximate surface area is 175 Å². The van der Waals surface area contributed by atoms with Gasteiger partial charge in [0.15, 0.2) is 0 Å². The van der Waals surface area contributed by atoms with E-state index in [1.54, 1.807) is 22.7 Å². The van der Waals surface area contributed by atoms with Gasteiger partial charge >= 0.3 is 0 Å². The SMILES string of the molecule is Cc1ccc(SCc2cc(=O)[nH]c(N3CC[NH+](Cc4ccccc4)CC3)n2)cc1. The van der Waals surface area contributed by atoms with Gasteiger partial charge in [-0.1, -0.05) is 48.0 Å². The van der Waals surface area contributed by atoms with Crippen molar-refractivity contribution in [1.29, 1.82) is 0 Å². The molecule has 0 atom stereocenters. The summed E-state index contributed by atoms with van der Waals surface area (Å²) in [6.07, 6.45) is 0. The summed E-state index contributed by atoms with van der Waals surface area (Å²) >= 11 is 1.71. The largest absolute Gasteiger partial charge is 0.331 e. The van der Waals surface area contributed by atoms with Crippen LogP contribution in [0.3, 0.4) is 0 Å². The summed E-state index contributed by atoms with van der Waals surface area (Å²) in [6, 6.07) is 20.7. The van der Waals surface area contributed by atoms with Crippen LogP contribution in [0.5, 0.6) is 0 Å². The predicted molar refractivity (Wildman–Crippen MR) is 119 cm³/mol. The third-order valence-electron chi connectivity index (χ3n) is 5.26. The first-order valence-electron chi connectivity index (χ1n) is 10.1. The number of thioether (sulfide) groups is 1. The number of nitrogens with zero attached hydrogens (tertiary/aromatic N) is 2. The first kappa shape index (κ1) is 19.7. The number of aromatic amines is 1. The van der Waals surface area contributed by atoms with Crippen molar-refractivity contribution in [3.8, 4) is 0 Å². The van der Waals surface area contributed by atoms with Crippen molar-refractivity contribution in [3.05, 3.63) is 87.8 Å². The minimum Gasteiger partial charge on any atom is -0.331 e. The third kappa shape index (κ3) is 5.49. The highest BCUT2D eigenvalue weighted by molar-refractivity contribution is 7.98. The topological polar surface area (TPSA) is 53.4 Å². The van der Waals surface area contributed by atoms with Gasteiger partial charge in [-0.2, -0.15) is 0 Å². The summed E-state index contributed by atoms with van der Waals surface area (Å²) in [4.78, 5) is 24.8. The molecule has 1 fully saturated rings. The second kappa shape index (κ2) is 9.29. The molecule has 3 aromatic rings. The minimum atomic E-state index is -0.0754. The van der Waals surface area contributed by atoms with E-state index in [4.69, 9.17) is 4.98 Å². The smallest absolute Gasteiger partial charge is 0.252 e. The second-order valence-electron chi connectivity index (χ2n) is 7.56. The average molecular weight is 408 g/mol. The van der Waals surface area contributed by atoms with E-state index in [1.165, 1.54) is 16.0 Å². The molecule has 29 heavy (non-hydrogen) atoms. The molecule has 150 valence electrons. The third-order valence-corrected chi connectivity index (χ3v) is 6.30. The van der Waals surface area contributed by atoms with Crippen LogP contribution < -0.4 is 15.4 Å². The number of anilines is 1. The van der Waals surface area contributed by atoms with Crippen molar-refractivity contribution in [2.24, 2.45) is 0 Å². The van der Waals surface area contributed by atoms with E-state index in [0.717, 1.165) is 38.4 Å². The number of H-pyrrole nitrogens is 1. The average Bonchev–Trinajstić information content (AvgIpc) is 2.74. The Bertz CT molecular complexity index is 980. The van der Waals surface area contributed by atoms with Gasteiger partial charge in [0.25, 0.3) is 5.56 Å². The minimum absolute atomic E-state index is 0.0754. The van der Waals surface area contributed by atoms with Crippen molar-refractivity contribution >= 4 is 17.7 Å². The number of benzene rings is 2. The molecular formula is C23H27N4OS+. The van der Waals surface area contributed by atoms with E-state index in [-0.39, 0.29) is 5.56 Å². The molecule has 0 amide bonds. The molecule has 6 heteroatoms. The highest BCUT2D eigenvalue weighted by Crippen LogP contribution is 2.22. The van der Waals surface area contributed by atoms with Crippen molar-refractivity contribution in [2.45, 2.75) is 24.1 Å². The van der Waals surface area contributed by atoms with E-state index in [1.807, 2.05) is 0 Å². The molecule has 0 spiro atoms. The normalized spacial score (nSPS) is 14.9. The summed E-state index contributed by atoms with van der Waals surface area (Å²) < 4.78 is 0. The van der Waals surface area contributed by atoms with Gasteiger partial charge in [-0.05, 0) is 19.1 Å². The Morgan fingerprint density at radius 2 is 1.79 bits per heavy atom. The number of aryl methyl sites for hydroxylation is 1. The van der Waals surface area contributed by atoms with Gasteiger partial charge in [-0.3, -0.25) is 9.78 Å². The zero-order valence-corrected chi connectivity index (χ0v) is 17.5. The number of aromatic nitrogens is 2. The number of quaternary nitrogens is 1. The Morgan fingerprint density at radius 1 is 1.07 bits per heavy atom. The molecule has 0 unspecified atom stereocenters. The Hall–Kier alpha value is -2.57. The van der Waals surface area contributed by atoms with Crippen LogP contribution in [0.25, 0.3) is 0 Å². The van der Waals surface area contributed by atoms with Gasteiger partial charge in [0.1, 0.15) is 6.54 Å². The fourth-order valence-corrected chi connectivity index (χ4v) is 4.40. The zero-order chi connectivity index (χ0) is 20.1. The second-order valence-corrected chi connectivity index (χ2v) is 8.61. The van der Waals surface area contributed by atoms with Crippen LogP contribution in [-0.4, -0.2) is 36.1 Å². The molecule has 0 bridgehead atoms. The van der Waals surface area contributed by atoms with E-state index in [0.29, 0.717) is 11.7 Å². The lowest BCUT2D eigenvalue weighted by atomic mass is 10.2. The van der Waals surface area contributed by atoms with Crippen molar-refractivity contribution in [3.63, 3.8) is 0 Å². The van der Waals surface area contributed by atoms with Crippen LogP contribution in [0.2, 0.25) is 0 Å². The lowest BCUT2D eigenvalue weighted by Gasteiger charge is -2.32. The standard InChI is InChI=1S/C23H26N4OS/c1-18-7-9-21(10-8-18)29-17-20-15-22(28)25-23(24-20)27-13-11-26(12-14-27)16-19-5-3-2-4-6-19/h2-10,15H,11-14,16-17H2,1H3,(H,24,25,28)/p+1. The van der Waals surface area contributed by atoms with E-state index in [9.17, 15) is 4.79 Å². The van der Waals surface area contributed by atoms with Gasteiger partial charge < -0.3 is 9.80 Å². The van der Waals surface area contributed by atoms with Gasteiger partial charge in [-0.25, -0.2) is 4.98 Å². The summed E-state index contributed by atoms with van der Waals surface area (Å²) in [5.74, 6) is 1.40. The van der Waals surface area contributed by atoms with Crippen LogP contribution in [0, 0.1) is 6.92 Å². The van der Waals surface area contributed by atoms with E-state index >= 15 is 0 Å². The Balaban J connectivity index is 1.36. The number of piperazine rings is 1. The summed E-state index contributed by atoms with van der Waals surface area (Å²) in [6.45, 7) is 7.02. The lowest BCUT2D eigenvalue weighted by Crippen LogP contribution is -3.13. The Morgan fingerprint density at radius 3 is 2.52 bits per heavy atom. The van der Waals surface area contributed by atoms with Crippen LogP contribution in [0.4, 0.5) is 5.95 Å². The monoisotopic (exact) mass is 407 g/mol. The molecule has 1 aliphatic heterocycles. The maximum Gasteiger partial charge on any atom is 0.252 e. The molecule has 2 aromatic carbocycles. The molecule has 0 aliphatic carbocycles. The molecule has 2 heterocycles. The first-order chi connectivity index (χ1) is 14.2. The van der Waals surface area contributed by atoms with Gasteiger partial charge in [0, 0.05) is 22.3 Å². The zero-order valence-electron chi connectivity index (χ0n) is 16.7. The molecule has 0 saturated carbocycles. The molecule has 5 nitrogen and oxygen atoms in total. The number of rotatable bonds is 6. The van der Waals surface area contributed by atoms with Crippen LogP contribution >= 0.6 is 11.8 Å². The Kier molecular flexibility index (Phi) is 6.32. The van der Waals surface area contributed by atoms with Gasteiger partial charge in [0.2, 0.25) is 5.95 Å². The highest BCUT2D eigenvalue weighted by atomic mass is 32.2. The summed E-state index contributed by atoms with van der Waals surface area (Å²) in [5.41, 5.74) is 3.37. The van der Waals surface area contributed by atoms with Gasteiger partial charge in [-0.15, -0.1) is 11.8 Å². The van der Waals surface area contributed by atoms with Crippen molar-refractivity contribution < 1.29 is 4.90 Å². The lowest BCUT2D eigenvalue weighted by molar-refractivity contribution is -0.914. The highest BCUT2D eigenvalue weighted by Gasteiger charge is 2.22.